The fourth-order valence-electron chi connectivity index (χ4n) is 8.58. The largest absolute Gasteiger partial charge is 0.352 e. The fourth-order valence-corrected chi connectivity index (χ4v) is 8.58. The number of hydrogen-bond donors (Lipinski definition) is 1. The predicted octanol–water partition coefficient (Wildman–Crippen LogP) is 5.93. The number of aryl methyl sites for hydroxylation is 1. The van der Waals surface area contributed by atoms with Crippen LogP contribution in [0, 0.1) is 41.4 Å². The first-order chi connectivity index (χ1) is 15.9. The van der Waals surface area contributed by atoms with Gasteiger partial charge in [-0.2, -0.15) is 0 Å². The lowest BCUT2D eigenvalue weighted by Gasteiger charge is -2.59. The fraction of sp³-hybridized carbons (Fsp3) is 0.586. The van der Waals surface area contributed by atoms with Gasteiger partial charge in [-0.05, 0) is 80.3 Å². The van der Waals surface area contributed by atoms with Crippen molar-refractivity contribution >= 4 is 12.0 Å². The Labute approximate surface area is 197 Å². The number of rotatable bonds is 3. The molecule has 1 amide bonds. The zero-order valence-corrected chi connectivity index (χ0v) is 20.3. The van der Waals surface area contributed by atoms with Gasteiger partial charge in [0.1, 0.15) is 5.82 Å². The maximum Gasteiger partial charge on any atom is 0.223 e. The molecular weight excluding hydrogens is 406 g/mol. The Morgan fingerprint density at radius 2 is 2.03 bits per heavy atom. The number of carbonyl (C=O) groups excluding carboxylic acids is 1. The highest BCUT2D eigenvalue weighted by molar-refractivity contribution is 5.80. The molecule has 6 rings (SSSR count). The number of amides is 1. The van der Waals surface area contributed by atoms with Crippen molar-refractivity contribution < 1.29 is 4.79 Å². The highest BCUT2D eigenvalue weighted by Crippen LogP contribution is 2.67. The van der Waals surface area contributed by atoms with Gasteiger partial charge in [-0.15, -0.1) is 0 Å². The van der Waals surface area contributed by atoms with E-state index >= 15 is 0 Å². The minimum Gasteiger partial charge on any atom is -0.352 e. The Morgan fingerprint density at radius 1 is 1.15 bits per heavy atom. The molecule has 0 bridgehead atoms. The molecule has 3 fully saturated rings. The van der Waals surface area contributed by atoms with Crippen molar-refractivity contribution in [2.24, 2.45) is 34.5 Å². The summed E-state index contributed by atoms with van der Waals surface area (Å²) >= 11 is 0. The Bertz CT molecular complexity index is 1100. The van der Waals surface area contributed by atoms with E-state index in [1.54, 1.807) is 0 Å². The van der Waals surface area contributed by atoms with E-state index in [2.05, 4.69) is 78.3 Å². The van der Waals surface area contributed by atoms with Gasteiger partial charge in [0.25, 0.3) is 0 Å². The third-order valence-corrected chi connectivity index (χ3v) is 10.2. The van der Waals surface area contributed by atoms with Crippen molar-refractivity contribution in [3.05, 3.63) is 59.7 Å². The number of aromatic nitrogens is 2. The molecule has 174 valence electrons. The first-order valence-electron chi connectivity index (χ1n) is 13.0. The van der Waals surface area contributed by atoms with Crippen LogP contribution in [0.2, 0.25) is 0 Å². The van der Waals surface area contributed by atoms with Gasteiger partial charge in [0, 0.05) is 36.3 Å². The molecule has 1 aliphatic heterocycles. The molecule has 1 unspecified atom stereocenters. The number of benzene rings is 1. The van der Waals surface area contributed by atoms with Crippen LogP contribution in [0.1, 0.15) is 75.4 Å². The predicted molar refractivity (Wildman–Crippen MR) is 131 cm³/mol. The highest BCUT2D eigenvalue weighted by atomic mass is 16.1. The second-order valence-electron chi connectivity index (χ2n) is 11.7. The molecule has 0 spiro atoms. The average Bonchev–Trinajstić information content (AvgIpc) is 3.41. The highest BCUT2D eigenvalue weighted by Gasteiger charge is 2.61. The average molecular weight is 444 g/mol. The Hall–Kier alpha value is -2.36. The van der Waals surface area contributed by atoms with E-state index in [0.29, 0.717) is 24.4 Å². The quantitative estimate of drug-likeness (QED) is 0.639. The number of allylic oxidation sites excluding steroid dienone is 1. The normalized spacial score (nSPS) is 38.7. The van der Waals surface area contributed by atoms with E-state index in [4.69, 9.17) is 0 Å². The maximum atomic E-state index is 13.4. The van der Waals surface area contributed by atoms with Crippen molar-refractivity contribution in [1.29, 1.82) is 0 Å². The van der Waals surface area contributed by atoms with Crippen LogP contribution in [-0.2, 0) is 11.3 Å². The summed E-state index contributed by atoms with van der Waals surface area (Å²) in [4.78, 5) is 17.9. The number of carbonyl (C=O) groups is 1. The molecule has 0 radical (unpaired) electrons. The Kier molecular flexibility index (Phi) is 4.87. The van der Waals surface area contributed by atoms with Crippen molar-refractivity contribution in [3.8, 4) is 0 Å². The summed E-state index contributed by atoms with van der Waals surface area (Å²) < 4.78 is 2.43. The summed E-state index contributed by atoms with van der Waals surface area (Å²) in [5.74, 6) is 3.65. The minimum atomic E-state index is 0.138. The van der Waals surface area contributed by atoms with Gasteiger partial charge in [0.05, 0.1) is 0 Å². The van der Waals surface area contributed by atoms with E-state index in [1.807, 2.05) is 6.20 Å². The van der Waals surface area contributed by atoms with Gasteiger partial charge in [-0.25, -0.2) is 4.98 Å². The van der Waals surface area contributed by atoms with Gasteiger partial charge in [-0.3, -0.25) is 4.79 Å². The van der Waals surface area contributed by atoms with Crippen LogP contribution in [0.3, 0.4) is 0 Å². The van der Waals surface area contributed by atoms with Crippen LogP contribution in [-0.4, -0.2) is 15.5 Å². The van der Waals surface area contributed by atoms with Crippen LogP contribution in [0.5, 0.6) is 0 Å². The SMILES string of the molecule is Cc1cccc(CNC(=O)[C@H]2CC[C@H]3[C@@H]4CCC5n6ccnc6C=C[C@]5(C)[C@H]4CC[C@]23C)c1. The first kappa shape index (κ1) is 21.2. The summed E-state index contributed by atoms with van der Waals surface area (Å²) in [6.45, 7) is 7.69. The molecule has 1 aromatic carbocycles. The van der Waals surface area contributed by atoms with Crippen LogP contribution in [0.15, 0.2) is 42.7 Å². The standard InChI is InChI=1S/C29H37N3O/c1-19-5-4-6-20(17-19)18-31-27(33)24-9-8-22-21-7-10-25-29(3,23(21)11-13-28(22,24)2)14-12-26-30-15-16-32(25)26/h4-6,12,14-17,21-25H,7-11,13,18H2,1-3H3,(H,31,33)/t21-,22-,23-,24+,25?,28-,29+/m0/s1. The number of imidazole rings is 1. The third-order valence-electron chi connectivity index (χ3n) is 10.2. The Morgan fingerprint density at radius 3 is 2.88 bits per heavy atom. The van der Waals surface area contributed by atoms with E-state index in [0.717, 1.165) is 18.2 Å². The lowest BCUT2D eigenvalue weighted by Crippen LogP contribution is -2.53. The summed E-state index contributed by atoms with van der Waals surface area (Å²) in [5, 5.41) is 3.30. The summed E-state index contributed by atoms with van der Waals surface area (Å²) in [6.07, 6.45) is 16.0. The zero-order chi connectivity index (χ0) is 22.8. The number of fused-ring (bicyclic) bond motifs is 7. The molecule has 4 heteroatoms. The number of nitrogens with one attached hydrogen (secondary N) is 1. The second-order valence-corrected chi connectivity index (χ2v) is 11.7. The minimum absolute atomic E-state index is 0.138. The molecule has 3 saturated carbocycles. The molecule has 3 aliphatic carbocycles. The number of hydrogen-bond acceptors (Lipinski definition) is 2. The van der Waals surface area contributed by atoms with E-state index in [1.165, 1.54) is 43.2 Å². The van der Waals surface area contributed by atoms with Crippen molar-refractivity contribution in [2.75, 3.05) is 0 Å². The molecule has 2 aromatic rings. The van der Waals surface area contributed by atoms with E-state index in [-0.39, 0.29) is 22.7 Å². The molecule has 4 nitrogen and oxygen atoms in total. The molecule has 1 aromatic heterocycles. The van der Waals surface area contributed by atoms with Crippen molar-refractivity contribution in [3.63, 3.8) is 0 Å². The van der Waals surface area contributed by atoms with E-state index < -0.39 is 0 Å². The first-order valence-corrected chi connectivity index (χ1v) is 13.0. The van der Waals surface area contributed by atoms with Crippen molar-refractivity contribution in [2.45, 2.75) is 71.9 Å². The van der Waals surface area contributed by atoms with Crippen LogP contribution >= 0.6 is 0 Å². The topological polar surface area (TPSA) is 46.9 Å². The summed E-state index contributed by atoms with van der Waals surface area (Å²) in [6, 6.07) is 9.00. The monoisotopic (exact) mass is 443 g/mol. The van der Waals surface area contributed by atoms with Crippen LogP contribution < -0.4 is 5.32 Å². The Balaban J connectivity index is 1.20. The van der Waals surface area contributed by atoms with Crippen LogP contribution in [0.25, 0.3) is 6.08 Å². The molecule has 0 saturated heterocycles. The molecular formula is C29H37N3O. The number of nitrogens with zero attached hydrogens (tertiary/aromatic N) is 2. The van der Waals surface area contributed by atoms with E-state index in [9.17, 15) is 4.79 Å². The molecule has 1 N–H and O–H groups in total. The molecule has 7 atom stereocenters. The molecule has 33 heavy (non-hydrogen) atoms. The van der Waals surface area contributed by atoms with Gasteiger partial charge in [0.2, 0.25) is 5.91 Å². The van der Waals surface area contributed by atoms with Gasteiger partial charge < -0.3 is 9.88 Å². The summed E-state index contributed by atoms with van der Waals surface area (Å²) in [7, 11) is 0. The third kappa shape index (κ3) is 3.16. The van der Waals surface area contributed by atoms with Gasteiger partial charge >= 0.3 is 0 Å². The van der Waals surface area contributed by atoms with Gasteiger partial charge in [-0.1, -0.05) is 49.8 Å². The lowest BCUT2D eigenvalue weighted by atomic mass is 9.48. The van der Waals surface area contributed by atoms with Crippen LogP contribution in [0.4, 0.5) is 0 Å². The zero-order valence-electron chi connectivity index (χ0n) is 20.3. The van der Waals surface area contributed by atoms with Crippen molar-refractivity contribution in [1.82, 2.24) is 14.9 Å². The summed E-state index contributed by atoms with van der Waals surface area (Å²) in [5.41, 5.74) is 2.78. The lowest BCUT2D eigenvalue weighted by molar-refractivity contribution is -0.133. The molecule has 2 heterocycles. The second kappa shape index (κ2) is 7.58. The van der Waals surface area contributed by atoms with Gasteiger partial charge in [0.15, 0.2) is 0 Å². The molecule has 4 aliphatic rings. The smallest absolute Gasteiger partial charge is 0.223 e. The maximum absolute atomic E-state index is 13.4.